The number of carbonyl (C=O) groups excluding carboxylic acids is 1. The van der Waals surface area contributed by atoms with Crippen LogP contribution in [0.15, 0.2) is 0 Å². The minimum atomic E-state index is 0.0932. The highest BCUT2D eigenvalue weighted by molar-refractivity contribution is 5.76. The Morgan fingerprint density at radius 1 is 1.64 bits per heavy atom. The van der Waals surface area contributed by atoms with Crippen LogP contribution in [0.3, 0.4) is 0 Å². The number of amides is 2. The SMILES string of the molecule is CN1C(=O)NCC1CC1CC1. The Hall–Kier alpha value is -0.730. The Morgan fingerprint density at radius 3 is 2.82 bits per heavy atom. The first-order valence-corrected chi connectivity index (χ1v) is 4.28. The van der Waals surface area contributed by atoms with E-state index < -0.39 is 0 Å². The molecule has 1 heterocycles. The maximum atomic E-state index is 11.0. The molecule has 1 atom stereocenters. The molecule has 1 saturated carbocycles. The van der Waals surface area contributed by atoms with Gasteiger partial charge in [-0.05, 0) is 12.3 Å². The number of carbonyl (C=O) groups is 1. The molecule has 1 aliphatic carbocycles. The summed E-state index contributed by atoms with van der Waals surface area (Å²) in [5.74, 6) is 0.912. The summed E-state index contributed by atoms with van der Waals surface area (Å²) >= 11 is 0. The largest absolute Gasteiger partial charge is 0.336 e. The normalized spacial score (nSPS) is 30.8. The fraction of sp³-hybridized carbons (Fsp3) is 0.875. The smallest absolute Gasteiger partial charge is 0.317 e. The van der Waals surface area contributed by atoms with Gasteiger partial charge in [-0.3, -0.25) is 0 Å². The third-order valence-corrected chi connectivity index (χ3v) is 2.66. The monoisotopic (exact) mass is 154 g/mol. The first kappa shape index (κ1) is 6.95. The molecule has 0 spiro atoms. The topological polar surface area (TPSA) is 32.3 Å². The van der Waals surface area contributed by atoms with Crippen LogP contribution in [0.1, 0.15) is 19.3 Å². The first-order chi connectivity index (χ1) is 5.27. The van der Waals surface area contributed by atoms with E-state index in [-0.39, 0.29) is 6.03 Å². The van der Waals surface area contributed by atoms with Crippen LogP contribution >= 0.6 is 0 Å². The van der Waals surface area contributed by atoms with Crippen molar-refractivity contribution in [3.63, 3.8) is 0 Å². The molecule has 2 amide bonds. The van der Waals surface area contributed by atoms with E-state index in [1.807, 2.05) is 11.9 Å². The fourth-order valence-electron chi connectivity index (χ4n) is 1.61. The lowest BCUT2D eigenvalue weighted by molar-refractivity contribution is 0.213. The molecule has 2 rings (SSSR count). The van der Waals surface area contributed by atoms with Crippen molar-refractivity contribution < 1.29 is 4.79 Å². The molecule has 1 unspecified atom stereocenters. The van der Waals surface area contributed by atoms with Gasteiger partial charge in [0.2, 0.25) is 0 Å². The van der Waals surface area contributed by atoms with Crippen LogP contribution in [-0.4, -0.2) is 30.6 Å². The van der Waals surface area contributed by atoms with E-state index in [9.17, 15) is 4.79 Å². The Labute approximate surface area is 66.8 Å². The Kier molecular flexibility index (Phi) is 1.51. The molecule has 0 radical (unpaired) electrons. The maximum absolute atomic E-state index is 11.0. The van der Waals surface area contributed by atoms with Gasteiger partial charge in [-0.25, -0.2) is 4.79 Å². The average molecular weight is 154 g/mol. The van der Waals surface area contributed by atoms with Gasteiger partial charge in [-0.15, -0.1) is 0 Å². The molecule has 0 aromatic heterocycles. The molecule has 2 fully saturated rings. The molecule has 62 valence electrons. The van der Waals surface area contributed by atoms with Gasteiger partial charge in [-0.1, -0.05) is 12.8 Å². The molecule has 1 saturated heterocycles. The van der Waals surface area contributed by atoms with Gasteiger partial charge in [0.1, 0.15) is 0 Å². The number of nitrogens with zero attached hydrogens (tertiary/aromatic N) is 1. The molecular formula is C8H14N2O. The van der Waals surface area contributed by atoms with Crippen molar-refractivity contribution in [3.8, 4) is 0 Å². The summed E-state index contributed by atoms with van der Waals surface area (Å²) in [5, 5.41) is 2.84. The zero-order valence-corrected chi connectivity index (χ0v) is 6.84. The predicted molar refractivity (Wildman–Crippen MR) is 42.3 cm³/mol. The van der Waals surface area contributed by atoms with Crippen LogP contribution < -0.4 is 5.32 Å². The summed E-state index contributed by atoms with van der Waals surface area (Å²) < 4.78 is 0. The Balaban J connectivity index is 1.88. The predicted octanol–water partition coefficient (Wildman–Crippen LogP) is 0.810. The number of nitrogens with one attached hydrogen (secondary N) is 1. The quantitative estimate of drug-likeness (QED) is 0.627. The van der Waals surface area contributed by atoms with Crippen LogP contribution in [0.2, 0.25) is 0 Å². The van der Waals surface area contributed by atoms with E-state index in [2.05, 4.69) is 5.32 Å². The molecule has 11 heavy (non-hydrogen) atoms. The minimum absolute atomic E-state index is 0.0932. The third-order valence-electron chi connectivity index (χ3n) is 2.66. The van der Waals surface area contributed by atoms with Gasteiger partial charge in [0, 0.05) is 13.6 Å². The highest BCUT2D eigenvalue weighted by atomic mass is 16.2. The van der Waals surface area contributed by atoms with E-state index in [0.717, 1.165) is 12.5 Å². The standard InChI is InChI=1S/C8H14N2O/c1-10-7(4-6-2-3-6)5-9-8(10)11/h6-7H,2-5H2,1H3,(H,9,11). The summed E-state index contributed by atoms with van der Waals surface area (Å²) in [4.78, 5) is 12.8. The van der Waals surface area contributed by atoms with Crippen molar-refractivity contribution in [3.05, 3.63) is 0 Å². The summed E-state index contributed by atoms with van der Waals surface area (Å²) in [6.07, 6.45) is 3.95. The lowest BCUT2D eigenvalue weighted by Crippen LogP contribution is -2.30. The zero-order valence-electron chi connectivity index (χ0n) is 6.84. The van der Waals surface area contributed by atoms with E-state index in [1.165, 1.54) is 19.3 Å². The second kappa shape index (κ2) is 2.40. The van der Waals surface area contributed by atoms with Crippen molar-refractivity contribution in [2.45, 2.75) is 25.3 Å². The molecular weight excluding hydrogens is 140 g/mol. The number of hydrogen-bond donors (Lipinski definition) is 1. The van der Waals surface area contributed by atoms with E-state index >= 15 is 0 Å². The lowest BCUT2D eigenvalue weighted by atomic mass is 10.1. The molecule has 0 aromatic carbocycles. The molecule has 1 N–H and O–H groups in total. The molecule has 0 aromatic rings. The number of hydrogen-bond acceptors (Lipinski definition) is 1. The van der Waals surface area contributed by atoms with Gasteiger partial charge in [0.15, 0.2) is 0 Å². The molecule has 2 aliphatic rings. The van der Waals surface area contributed by atoms with Crippen LogP contribution in [-0.2, 0) is 0 Å². The molecule has 0 bridgehead atoms. The van der Waals surface area contributed by atoms with Gasteiger partial charge in [0.25, 0.3) is 0 Å². The van der Waals surface area contributed by atoms with Crippen LogP contribution in [0, 0.1) is 5.92 Å². The first-order valence-electron chi connectivity index (χ1n) is 4.28. The molecule has 3 nitrogen and oxygen atoms in total. The third kappa shape index (κ3) is 1.32. The van der Waals surface area contributed by atoms with E-state index in [0.29, 0.717) is 6.04 Å². The Bertz CT molecular complexity index is 177. The summed E-state index contributed by atoms with van der Waals surface area (Å²) in [6.45, 7) is 0.853. The van der Waals surface area contributed by atoms with Gasteiger partial charge in [-0.2, -0.15) is 0 Å². The second-order valence-electron chi connectivity index (χ2n) is 3.63. The summed E-state index contributed by atoms with van der Waals surface area (Å²) in [6, 6.07) is 0.561. The second-order valence-corrected chi connectivity index (χ2v) is 3.63. The van der Waals surface area contributed by atoms with Gasteiger partial charge >= 0.3 is 6.03 Å². The molecule has 3 heteroatoms. The minimum Gasteiger partial charge on any atom is -0.336 e. The van der Waals surface area contributed by atoms with Crippen molar-refractivity contribution in [2.75, 3.05) is 13.6 Å². The lowest BCUT2D eigenvalue weighted by Gasteiger charge is -2.16. The van der Waals surface area contributed by atoms with Crippen LogP contribution in [0.25, 0.3) is 0 Å². The van der Waals surface area contributed by atoms with E-state index in [1.54, 1.807) is 0 Å². The summed E-state index contributed by atoms with van der Waals surface area (Å²) in [7, 11) is 1.88. The number of rotatable bonds is 2. The van der Waals surface area contributed by atoms with Gasteiger partial charge < -0.3 is 10.2 Å². The van der Waals surface area contributed by atoms with Crippen molar-refractivity contribution >= 4 is 6.03 Å². The van der Waals surface area contributed by atoms with Crippen molar-refractivity contribution in [1.29, 1.82) is 0 Å². The Morgan fingerprint density at radius 2 is 2.36 bits per heavy atom. The zero-order chi connectivity index (χ0) is 7.84. The van der Waals surface area contributed by atoms with E-state index in [4.69, 9.17) is 0 Å². The number of likely N-dealkylation sites (N-methyl/N-ethyl adjacent to an activating group) is 1. The van der Waals surface area contributed by atoms with Crippen molar-refractivity contribution in [2.24, 2.45) is 5.92 Å². The number of urea groups is 1. The fourth-order valence-corrected chi connectivity index (χ4v) is 1.61. The van der Waals surface area contributed by atoms with Crippen LogP contribution in [0.4, 0.5) is 4.79 Å². The molecule has 1 aliphatic heterocycles. The van der Waals surface area contributed by atoms with Gasteiger partial charge in [0.05, 0.1) is 6.04 Å². The maximum Gasteiger partial charge on any atom is 0.317 e. The highest BCUT2D eigenvalue weighted by Gasteiger charge is 2.32. The highest BCUT2D eigenvalue weighted by Crippen LogP contribution is 2.34. The van der Waals surface area contributed by atoms with Crippen LogP contribution in [0.5, 0.6) is 0 Å². The average Bonchev–Trinajstić information content (AvgIpc) is 2.74. The summed E-state index contributed by atoms with van der Waals surface area (Å²) in [5.41, 5.74) is 0. The van der Waals surface area contributed by atoms with Crippen molar-refractivity contribution in [1.82, 2.24) is 10.2 Å².